The van der Waals surface area contributed by atoms with Gasteiger partial charge >= 0.3 is 0 Å². The molecule has 8 heteroatoms. The van der Waals surface area contributed by atoms with Gasteiger partial charge in [0.1, 0.15) is 0 Å². The Morgan fingerprint density at radius 1 is 1.06 bits per heavy atom. The normalized spacial score (nSPS) is 26.2. The number of nitrogens with zero attached hydrogens (tertiary/aromatic N) is 4. The third-order valence-corrected chi connectivity index (χ3v) is 6.82. The number of hydrogen-bond acceptors (Lipinski definition) is 4. The zero-order valence-corrected chi connectivity index (χ0v) is 18.1. The summed E-state index contributed by atoms with van der Waals surface area (Å²) in [6.07, 6.45) is 9.73. The Morgan fingerprint density at radius 2 is 1.75 bits per heavy atom. The maximum absolute atomic E-state index is 12.8. The average molecular weight is 433 g/mol. The van der Waals surface area contributed by atoms with E-state index in [9.17, 15) is 9.59 Å². The van der Waals surface area contributed by atoms with Crippen LogP contribution in [-0.4, -0.2) is 59.1 Å². The molecule has 4 atom stereocenters. The Hall–Kier alpha value is -3.42. The molecule has 0 radical (unpaired) electrons. The monoisotopic (exact) mass is 432 g/mol. The molecule has 2 N–H and O–H groups in total. The van der Waals surface area contributed by atoms with Gasteiger partial charge in [-0.15, -0.1) is 0 Å². The zero-order valence-electron chi connectivity index (χ0n) is 18.1. The lowest BCUT2D eigenvalue weighted by atomic mass is 9.85. The summed E-state index contributed by atoms with van der Waals surface area (Å²) in [6.45, 7) is 1.58. The minimum absolute atomic E-state index is 0.000143. The minimum atomic E-state index is -0.130. The van der Waals surface area contributed by atoms with Crippen LogP contribution in [0.1, 0.15) is 12.0 Å². The van der Waals surface area contributed by atoms with Gasteiger partial charge in [0.05, 0.1) is 17.5 Å². The quantitative estimate of drug-likeness (QED) is 0.299. The number of nitrogens with one attached hydrogen (secondary N) is 2. The van der Waals surface area contributed by atoms with E-state index in [1.807, 2.05) is 16.9 Å². The molecule has 1 aromatic heterocycles. The second-order valence-corrected chi connectivity index (χ2v) is 8.62. The molecule has 2 aromatic rings. The lowest BCUT2D eigenvalue weighted by Crippen LogP contribution is -2.44. The fourth-order valence-corrected chi connectivity index (χ4v) is 5.25. The van der Waals surface area contributed by atoms with Crippen LogP contribution in [0.4, 0.5) is 0 Å². The molecule has 2 heterocycles. The van der Waals surface area contributed by atoms with E-state index in [-0.39, 0.29) is 35.5 Å². The van der Waals surface area contributed by atoms with Crippen molar-refractivity contribution in [2.75, 3.05) is 26.7 Å². The number of hydrogen-bond donors (Lipinski definition) is 2. The van der Waals surface area contributed by atoms with Crippen LogP contribution in [0.5, 0.6) is 0 Å². The van der Waals surface area contributed by atoms with Gasteiger partial charge in [0.25, 0.3) is 0 Å². The number of rotatable bonds is 7. The molecule has 32 heavy (non-hydrogen) atoms. The molecule has 1 aliphatic heterocycles. The number of imide groups is 1. The fraction of sp³-hybridized carbons (Fsp3) is 0.417. The first-order chi connectivity index (χ1) is 15.7. The van der Waals surface area contributed by atoms with E-state index in [2.05, 4.69) is 57.1 Å². The van der Waals surface area contributed by atoms with Crippen molar-refractivity contribution in [3.8, 4) is 5.69 Å². The van der Waals surface area contributed by atoms with Crippen LogP contribution in [0.3, 0.4) is 0 Å². The van der Waals surface area contributed by atoms with Crippen LogP contribution < -0.4 is 10.6 Å². The fourth-order valence-electron chi connectivity index (χ4n) is 5.25. The molecule has 8 nitrogen and oxygen atoms in total. The van der Waals surface area contributed by atoms with Gasteiger partial charge in [0.2, 0.25) is 11.8 Å². The van der Waals surface area contributed by atoms with Crippen molar-refractivity contribution in [3.05, 3.63) is 60.4 Å². The van der Waals surface area contributed by atoms with Gasteiger partial charge < -0.3 is 10.6 Å². The molecule has 2 bridgehead atoms. The maximum Gasteiger partial charge on any atom is 0.233 e. The summed E-state index contributed by atoms with van der Waals surface area (Å²) in [5.41, 5.74) is 2.25. The molecular formula is C24H28N6O2. The summed E-state index contributed by atoms with van der Waals surface area (Å²) in [5.74, 6) is 0.911. The summed E-state index contributed by atoms with van der Waals surface area (Å²) >= 11 is 0. The predicted molar refractivity (Wildman–Crippen MR) is 121 cm³/mol. The molecule has 1 saturated heterocycles. The van der Waals surface area contributed by atoms with Gasteiger partial charge in [-0.3, -0.25) is 19.5 Å². The summed E-state index contributed by atoms with van der Waals surface area (Å²) in [7, 11) is 1.72. The SMILES string of the molecule is CN=C(NCCc1ccc(-n2cccn2)cc1)NCCN1C(=O)C2C3C=CC(C3)C2C1=O. The molecule has 5 rings (SSSR count). The highest BCUT2D eigenvalue weighted by Gasteiger charge is 2.58. The lowest BCUT2D eigenvalue weighted by Gasteiger charge is -2.18. The Kier molecular flexibility index (Phi) is 5.51. The second-order valence-electron chi connectivity index (χ2n) is 8.62. The van der Waals surface area contributed by atoms with Crippen LogP contribution in [0.25, 0.3) is 5.69 Å². The van der Waals surface area contributed by atoms with E-state index in [0.29, 0.717) is 19.0 Å². The second kappa shape index (κ2) is 8.61. The number of fused-ring (bicyclic) bond motifs is 5. The Labute approximate surface area is 187 Å². The van der Waals surface area contributed by atoms with Crippen LogP contribution in [0.2, 0.25) is 0 Å². The highest BCUT2D eigenvalue weighted by atomic mass is 16.2. The largest absolute Gasteiger partial charge is 0.356 e. The van der Waals surface area contributed by atoms with Crippen molar-refractivity contribution in [2.24, 2.45) is 28.7 Å². The first kappa shape index (κ1) is 20.5. The van der Waals surface area contributed by atoms with Crippen molar-refractivity contribution in [1.82, 2.24) is 25.3 Å². The standard InChI is InChI=1S/C24H28N6O2/c1-25-24(26-11-9-16-3-7-19(8-4-16)30-13-2-10-28-30)27-12-14-29-22(31)20-17-5-6-18(15-17)21(20)23(29)32/h2-8,10,13,17-18,20-21H,9,11-12,14-15H2,1H3,(H2,25,26,27). The molecule has 1 aromatic carbocycles. The highest BCUT2D eigenvalue weighted by Crippen LogP contribution is 2.52. The number of aromatic nitrogens is 2. The molecule has 166 valence electrons. The van der Waals surface area contributed by atoms with E-state index >= 15 is 0 Å². The minimum Gasteiger partial charge on any atom is -0.356 e. The number of likely N-dealkylation sites (tertiary alicyclic amines) is 1. The molecule has 2 aliphatic carbocycles. The molecule has 2 amide bonds. The van der Waals surface area contributed by atoms with Gasteiger partial charge in [-0.2, -0.15) is 5.10 Å². The lowest BCUT2D eigenvalue weighted by molar-refractivity contribution is -0.140. The number of benzene rings is 1. The van der Waals surface area contributed by atoms with Crippen molar-refractivity contribution in [3.63, 3.8) is 0 Å². The molecular weight excluding hydrogens is 404 g/mol. The number of allylic oxidation sites excluding steroid dienone is 2. The van der Waals surface area contributed by atoms with Crippen molar-refractivity contribution in [2.45, 2.75) is 12.8 Å². The topological polar surface area (TPSA) is 91.6 Å². The molecule has 4 unspecified atom stereocenters. The Morgan fingerprint density at radius 3 is 2.38 bits per heavy atom. The third kappa shape index (κ3) is 3.70. The summed E-state index contributed by atoms with van der Waals surface area (Å²) in [5, 5.41) is 10.8. The van der Waals surface area contributed by atoms with Gasteiger partial charge in [-0.05, 0) is 48.4 Å². The van der Waals surface area contributed by atoms with Crippen LogP contribution in [0, 0.1) is 23.7 Å². The van der Waals surface area contributed by atoms with Gasteiger partial charge in [0, 0.05) is 39.1 Å². The number of guanidine groups is 1. The van der Waals surface area contributed by atoms with Crippen LogP contribution >= 0.6 is 0 Å². The highest BCUT2D eigenvalue weighted by molar-refractivity contribution is 6.06. The van der Waals surface area contributed by atoms with E-state index in [0.717, 1.165) is 25.1 Å². The first-order valence-corrected chi connectivity index (χ1v) is 11.2. The van der Waals surface area contributed by atoms with Gasteiger partial charge in [0.15, 0.2) is 5.96 Å². The first-order valence-electron chi connectivity index (χ1n) is 11.2. The van der Waals surface area contributed by atoms with Crippen molar-refractivity contribution < 1.29 is 9.59 Å². The number of amides is 2. The number of carbonyl (C=O) groups excluding carboxylic acids is 2. The third-order valence-electron chi connectivity index (χ3n) is 6.82. The summed E-state index contributed by atoms with van der Waals surface area (Å²) in [4.78, 5) is 31.2. The predicted octanol–water partition coefficient (Wildman–Crippen LogP) is 1.39. The van der Waals surface area contributed by atoms with Crippen molar-refractivity contribution >= 4 is 17.8 Å². The number of carbonyl (C=O) groups is 2. The Balaban J connectivity index is 1.06. The molecule has 1 saturated carbocycles. The smallest absolute Gasteiger partial charge is 0.233 e. The molecule has 2 fully saturated rings. The maximum atomic E-state index is 12.8. The summed E-state index contributed by atoms with van der Waals surface area (Å²) < 4.78 is 1.83. The molecule has 0 spiro atoms. The van der Waals surface area contributed by atoms with Gasteiger partial charge in [-0.25, -0.2) is 4.68 Å². The zero-order chi connectivity index (χ0) is 22.1. The van der Waals surface area contributed by atoms with E-state index in [1.54, 1.807) is 13.2 Å². The van der Waals surface area contributed by atoms with Crippen molar-refractivity contribution in [1.29, 1.82) is 0 Å². The number of aliphatic imine (C=N–C) groups is 1. The molecule has 3 aliphatic rings. The van der Waals surface area contributed by atoms with Crippen LogP contribution in [-0.2, 0) is 16.0 Å². The van der Waals surface area contributed by atoms with E-state index in [1.165, 1.54) is 10.5 Å². The van der Waals surface area contributed by atoms with E-state index in [4.69, 9.17) is 0 Å². The van der Waals surface area contributed by atoms with Gasteiger partial charge in [-0.1, -0.05) is 24.3 Å². The van der Waals surface area contributed by atoms with E-state index < -0.39 is 0 Å². The average Bonchev–Trinajstić information content (AvgIpc) is 3.60. The Bertz CT molecular complexity index is 1010. The van der Waals surface area contributed by atoms with Crippen LogP contribution in [0.15, 0.2) is 59.9 Å². The summed E-state index contributed by atoms with van der Waals surface area (Å²) in [6, 6.07) is 10.2.